The first-order valence-corrected chi connectivity index (χ1v) is 9.33. The molecule has 150 valence electrons. The Morgan fingerprint density at radius 2 is 1.61 bits per heavy atom. The van der Waals surface area contributed by atoms with Crippen LogP contribution >= 0.6 is 0 Å². The van der Waals surface area contributed by atoms with Crippen LogP contribution in [-0.4, -0.2) is 24.0 Å². The van der Waals surface area contributed by atoms with Gasteiger partial charge in [-0.3, -0.25) is 0 Å². The van der Waals surface area contributed by atoms with E-state index in [4.69, 9.17) is 18.5 Å². The molecule has 0 fully saturated rings. The van der Waals surface area contributed by atoms with Crippen LogP contribution in [-0.2, 0) is 19.6 Å². The van der Waals surface area contributed by atoms with Crippen LogP contribution in [0, 0.1) is 27.7 Å². The summed E-state index contributed by atoms with van der Waals surface area (Å²) >= 11 is 0. The minimum atomic E-state index is 0.395. The Morgan fingerprint density at radius 3 is 2.21 bits per heavy atom. The Balaban J connectivity index is 1.55. The molecule has 0 saturated heterocycles. The number of nitrogens with one attached hydrogen (secondary N) is 1. The Kier molecular flexibility index (Phi) is 6.36. The fourth-order valence-corrected chi connectivity index (χ4v) is 3.10. The normalized spacial score (nSPS) is 11.0. The molecule has 0 radical (unpaired) electrons. The van der Waals surface area contributed by atoms with Gasteiger partial charge in [-0.05, 0) is 58.4 Å². The fourth-order valence-electron chi connectivity index (χ4n) is 3.10. The number of aromatic nitrogens is 2. The van der Waals surface area contributed by atoms with Crippen LogP contribution in [0.5, 0.6) is 11.5 Å². The van der Waals surface area contributed by atoms with Gasteiger partial charge in [0.2, 0.25) is 0 Å². The second-order valence-electron chi connectivity index (χ2n) is 6.81. The summed E-state index contributed by atoms with van der Waals surface area (Å²) in [6.45, 7) is 9.68. The number of ether oxygens (including phenoxy) is 2. The highest BCUT2D eigenvalue weighted by atomic mass is 16.5. The van der Waals surface area contributed by atoms with Gasteiger partial charge in [-0.25, -0.2) is 0 Å². The molecular weight excluding hydrogens is 358 g/mol. The third-order valence-corrected chi connectivity index (χ3v) is 4.84. The lowest BCUT2D eigenvalue weighted by atomic mass is 10.1. The van der Waals surface area contributed by atoms with Gasteiger partial charge in [-0.2, -0.15) is 0 Å². The molecule has 0 unspecified atom stereocenters. The van der Waals surface area contributed by atoms with E-state index in [1.165, 1.54) is 5.56 Å². The van der Waals surface area contributed by atoms with E-state index in [2.05, 4.69) is 15.6 Å². The highest BCUT2D eigenvalue weighted by Gasteiger charge is 2.12. The van der Waals surface area contributed by atoms with Crippen molar-refractivity contribution in [2.24, 2.45) is 0 Å². The first-order valence-electron chi connectivity index (χ1n) is 9.33. The smallest absolute Gasteiger partial charge is 0.161 e. The van der Waals surface area contributed by atoms with Crippen molar-refractivity contribution in [1.29, 1.82) is 0 Å². The quantitative estimate of drug-likeness (QED) is 0.561. The van der Waals surface area contributed by atoms with Crippen molar-refractivity contribution in [1.82, 2.24) is 15.6 Å². The van der Waals surface area contributed by atoms with Gasteiger partial charge < -0.3 is 23.8 Å². The number of hydrogen-bond donors (Lipinski definition) is 1. The van der Waals surface area contributed by atoms with Gasteiger partial charge >= 0.3 is 0 Å². The Hall–Kier alpha value is -2.80. The topological polar surface area (TPSA) is 82.5 Å². The van der Waals surface area contributed by atoms with Crippen LogP contribution in [0.15, 0.2) is 27.2 Å². The van der Waals surface area contributed by atoms with Crippen molar-refractivity contribution in [3.05, 3.63) is 57.8 Å². The highest BCUT2D eigenvalue weighted by molar-refractivity contribution is 5.43. The monoisotopic (exact) mass is 385 g/mol. The van der Waals surface area contributed by atoms with E-state index in [1.807, 2.05) is 45.9 Å². The van der Waals surface area contributed by atoms with Gasteiger partial charge in [0.05, 0.1) is 24.1 Å². The zero-order valence-electron chi connectivity index (χ0n) is 17.1. The van der Waals surface area contributed by atoms with Gasteiger partial charge in [0, 0.05) is 12.1 Å². The molecule has 1 aromatic carbocycles. The zero-order valence-corrected chi connectivity index (χ0v) is 17.1. The molecule has 0 atom stereocenters. The molecule has 1 N–H and O–H groups in total. The molecule has 2 heterocycles. The van der Waals surface area contributed by atoms with Crippen molar-refractivity contribution in [2.75, 3.05) is 13.7 Å². The SMILES string of the molecule is COc1cc(CNCCc2c(C)noc2C)ccc1OCc1c(C)noc1C. The standard InChI is InChI=1S/C21H27N3O4/c1-13-18(15(3)27-23-13)8-9-22-11-17-6-7-20(21(10-17)25-5)26-12-19-14(2)24-28-16(19)4/h6-7,10,22H,8-9,11-12H2,1-5H3. The third kappa shape index (κ3) is 4.54. The van der Waals surface area contributed by atoms with Crippen LogP contribution < -0.4 is 14.8 Å². The zero-order chi connectivity index (χ0) is 20.1. The molecule has 0 aliphatic heterocycles. The third-order valence-electron chi connectivity index (χ3n) is 4.84. The van der Waals surface area contributed by atoms with Crippen LogP contribution in [0.1, 0.15) is 39.6 Å². The first-order chi connectivity index (χ1) is 13.5. The second kappa shape index (κ2) is 8.93. The number of nitrogens with zero attached hydrogens (tertiary/aromatic N) is 2. The van der Waals surface area contributed by atoms with Crippen molar-refractivity contribution in [3.63, 3.8) is 0 Å². The van der Waals surface area contributed by atoms with Gasteiger partial charge in [0.15, 0.2) is 11.5 Å². The molecular formula is C21H27N3O4. The molecule has 2 aromatic heterocycles. The lowest BCUT2D eigenvalue weighted by molar-refractivity contribution is 0.281. The van der Waals surface area contributed by atoms with Crippen molar-refractivity contribution in [2.45, 2.75) is 47.3 Å². The van der Waals surface area contributed by atoms with Crippen LogP contribution in [0.25, 0.3) is 0 Å². The molecule has 3 aromatic rings. The summed E-state index contributed by atoms with van der Waals surface area (Å²) in [6.07, 6.45) is 0.886. The Labute approximate surface area is 165 Å². The van der Waals surface area contributed by atoms with E-state index >= 15 is 0 Å². The van der Waals surface area contributed by atoms with Crippen LogP contribution in [0.2, 0.25) is 0 Å². The molecule has 0 amide bonds. The fraction of sp³-hybridized carbons (Fsp3) is 0.429. The predicted octanol–water partition coefficient (Wildman–Crippen LogP) is 3.82. The maximum atomic E-state index is 5.93. The van der Waals surface area contributed by atoms with Crippen LogP contribution in [0.4, 0.5) is 0 Å². The lowest BCUT2D eigenvalue weighted by Gasteiger charge is -2.12. The highest BCUT2D eigenvalue weighted by Crippen LogP contribution is 2.29. The summed E-state index contributed by atoms with van der Waals surface area (Å²) < 4.78 is 21.8. The van der Waals surface area contributed by atoms with E-state index in [9.17, 15) is 0 Å². The average molecular weight is 385 g/mol. The molecule has 0 saturated carbocycles. The number of benzene rings is 1. The van der Waals surface area contributed by atoms with Gasteiger partial charge in [-0.1, -0.05) is 16.4 Å². The van der Waals surface area contributed by atoms with E-state index in [0.29, 0.717) is 18.1 Å². The number of rotatable bonds is 9. The number of hydrogen-bond acceptors (Lipinski definition) is 7. The summed E-state index contributed by atoms with van der Waals surface area (Å²) in [5, 5.41) is 11.4. The largest absolute Gasteiger partial charge is 0.493 e. The maximum Gasteiger partial charge on any atom is 0.161 e. The summed E-state index contributed by atoms with van der Waals surface area (Å²) in [7, 11) is 1.65. The summed E-state index contributed by atoms with van der Waals surface area (Å²) in [4.78, 5) is 0. The van der Waals surface area contributed by atoms with Gasteiger partial charge in [0.25, 0.3) is 0 Å². The molecule has 0 spiro atoms. The summed E-state index contributed by atoms with van der Waals surface area (Å²) in [5.74, 6) is 3.06. The second-order valence-corrected chi connectivity index (χ2v) is 6.81. The maximum absolute atomic E-state index is 5.93. The van der Waals surface area contributed by atoms with E-state index in [-0.39, 0.29) is 0 Å². The Bertz CT molecular complexity index is 891. The van der Waals surface area contributed by atoms with Crippen LogP contribution in [0.3, 0.4) is 0 Å². The van der Waals surface area contributed by atoms with Crippen molar-refractivity contribution in [3.8, 4) is 11.5 Å². The Morgan fingerprint density at radius 1 is 0.929 bits per heavy atom. The average Bonchev–Trinajstić information content (AvgIpc) is 3.18. The lowest BCUT2D eigenvalue weighted by Crippen LogP contribution is -2.17. The van der Waals surface area contributed by atoms with Crippen molar-refractivity contribution < 1.29 is 18.5 Å². The molecule has 28 heavy (non-hydrogen) atoms. The molecule has 7 nitrogen and oxygen atoms in total. The molecule has 3 rings (SSSR count). The summed E-state index contributed by atoms with van der Waals surface area (Å²) in [6, 6.07) is 5.96. The first kappa shape index (κ1) is 19.9. The molecule has 0 aliphatic rings. The van der Waals surface area contributed by atoms with E-state index < -0.39 is 0 Å². The van der Waals surface area contributed by atoms with E-state index in [1.54, 1.807) is 7.11 Å². The molecule has 7 heteroatoms. The van der Waals surface area contributed by atoms with Gasteiger partial charge in [-0.15, -0.1) is 0 Å². The number of methoxy groups -OCH3 is 1. The van der Waals surface area contributed by atoms with Crippen molar-refractivity contribution >= 4 is 0 Å². The minimum Gasteiger partial charge on any atom is -0.493 e. The van der Waals surface area contributed by atoms with Gasteiger partial charge in [0.1, 0.15) is 18.1 Å². The molecule has 0 bridgehead atoms. The summed E-state index contributed by atoms with van der Waals surface area (Å²) in [5.41, 5.74) is 5.07. The minimum absolute atomic E-state index is 0.395. The van der Waals surface area contributed by atoms with E-state index in [0.717, 1.165) is 53.5 Å². The predicted molar refractivity (Wildman–Crippen MR) is 105 cm³/mol. The number of aryl methyl sites for hydroxylation is 4. The molecule has 0 aliphatic carbocycles.